The van der Waals surface area contributed by atoms with Crippen molar-refractivity contribution in [2.45, 2.75) is 18.8 Å². The minimum atomic E-state index is 0.686. The second kappa shape index (κ2) is 5.30. The Labute approximate surface area is 106 Å². The molecule has 1 aromatic rings. The number of halogens is 1. The zero-order chi connectivity index (χ0) is 11.5. The van der Waals surface area contributed by atoms with Gasteiger partial charge in [-0.05, 0) is 56.1 Å². The van der Waals surface area contributed by atoms with Crippen LogP contribution in [0.5, 0.6) is 0 Å². The Hall–Kier alpha value is -0.380. The molecule has 1 aliphatic rings. The van der Waals surface area contributed by atoms with Crippen LogP contribution in [0.4, 0.5) is 0 Å². The molecule has 1 heterocycles. The fourth-order valence-electron chi connectivity index (χ4n) is 2.41. The summed E-state index contributed by atoms with van der Waals surface area (Å²) in [7, 11) is 2.19. The monoisotopic (exact) mass is 282 g/mol. The number of hydrogen-bond acceptors (Lipinski definition) is 2. The minimum Gasteiger partial charge on any atom is -0.330 e. The lowest BCUT2D eigenvalue weighted by atomic mass is 9.97. The third-order valence-electron chi connectivity index (χ3n) is 3.33. The quantitative estimate of drug-likeness (QED) is 0.922. The van der Waals surface area contributed by atoms with E-state index >= 15 is 0 Å². The number of nitrogens with zero attached hydrogens (tertiary/aromatic N) is 1. The first-order valence-corrected chi connectivity index (χ1v) is 6.67. The highest BCUT2D eigenvalue weighted by Crippen LogP contribution is 2.32. The molecule has 2 rings (SSSR count). The molecule has 1 saturated heterocycles. The normalized spacial score (nSPS) is 21.6. The molecule has 2 nitrogen and oxygen atoms in total. The van der Waals surface area contributed by atoms with E-state index < -0.39 is 0 Å². The SMILES string of the molecule is CN1CCC(c2ccc(CCN)cc2Br)C1. The molecule has 1 atom stereocenters. The summed E-state index contributed by atoms with van der Waals surface area (Å²) in [5, 5.41) is 0. The van der Waals surface area contributed by atoms with E-state index in [1.165, 1.54) is 35.1 Å². The van der Waals surface area contributed by atoms with Crippen molar-refractivity contribution in [3.05, 3.63) is 33.8 Å². The molecule has 0 spiro atoms. The topological polar surface area (TPSA) is 29.3 Å². The maximum atomic E-state index is 5.57. The van der Waals surface area contributed by atoms with E-state index in [0.29, 0.717) is 5.92 Å². The average Bonchev–Trinajstić information content (AvgIpc) is 2.65. The van der Waals surface area contributed by atoms with Gasteiger partial charge in [-0.25, -0.2) is 0 Å². The van der Waals surface area contributed by atoms with Crippen LogP contribution in [0.1, 0.15) is 23.5 Å². The summed E-state index contributed by atoms with van der Waals surface area (Å²) in [6.07, 6.45) is 2.23. The van der Waals surface area contributed by atoms with E-state index in [9.17, 15) is 0 Å². The molecule has 16 heavy (non-hydrogen) atoms. The number of nitrogens with two attached hydrogens (primary N) is 1. The first-order valence-electron chi connectivity index (χ1n) is 5.87. The van der Waals surface area contributed by atoms with E-state index in [1.807, 2.05) is 0 Å². The molecule has 1 unspecified atom stereocenters. The third kappa shape index (κ3) is 2.65. The number of likely N-dealkylation sites (N-methyl/N-ethyl adjacent to an activating group) is 1. The Kier molecular flexibility index (Phi) is 4.00. The molecule has 2 N–H and O–H groups in total. The maximum Gasteiger partial charge on any atom is 0.0213 e. The molecule has 88 valence electrons. The van der Waals surface area contributed by atoms with Crippen LogP contribution >= 0.6 is 15.9 Å². The molecule has 1 aliphatic heterocycles. The van der Waals surface area contributed by atoms with E-state index in [0.717, 1.165) is 13.0 Å². The van der Waals surface area contributed by atoms with Crippen LogP contribution in [0.15, 0.2) is 22.7 Å². The largest absolute Gasteiger partial charge is 0.330 e. The summed E-state index contributed by atoms with van der Waals surface area (Å²) in [4.78, 5) is 2.39. The molecule has 0 aliphatic carbocycles. The Morgan fingerprint density at radius 3 is 2.88 bits per heavy atom. The number of rotatable bonds is 3. The molecule has 0 saturated carbocycles. The van der Waals surface area contributed by atoms with Crippen molar-refractivity contribution >= 4 is 15.9 Å². The van der Waals surface area contributed by atoms with Gasteiger partial charge < -0.3 is 10.6 Å². The van der Waals surface area contributed by atoms with Crippen LogP contribution in [0, 0.1) is 0 Å². The summed E-state index contributed by atoms with van der Waals surface area (Å²) >= 11 is 3.69. The molecule has 1 fully saturated rings. The van der Waals surface area contributed by atoms with Gasteiger partial charge in [0, 0.05) is 11.0 Å². The van der Waals surface area contributed by atoms with Gasteiger partial charge in [0.2, 0.25) is 0 Å². The smallest absolute Gasteiger partial charge is 0.0213 e. The van der Waals surface area contributed by atoms with Crippen molar-refractivity contribution in [1.29, 1.82) is 0 Å². The van der Waals surface area contributed by atoms with E-state index in [-0.39, 0.29) is 0 Å². The standard InChI is InChI=1S/C13H19BrN2/c1-16-7-5-11(9-16)12-3-2-10(4-6-15)8-13(12)14/h2-3,8,11H,4-7,9,15H2,1H3. The molecule has 1 aromatic carbocycles. The lowest BCUT2D eigenvalue weighted by molar-refractivity contribution is 0.411. The third-order valence-corrected chi connectivity index (χ3v) is 4.02. The van der Waals surface area contributed by atoms with Crippen molar-refractivity contribution < 1.29 is 0 Å². The van der Waals surface area contributed by atoms with Crippen molar-refractivity contribution in [2.24, 2.45) is 5.73 Å². The highest BCUT2D eigenvalue weighted by molar-refractivity contribution is 9.10. The van der Waals surface area contributed by atoms with Crippen LogP contribution in [-0.2, 0) is 6.42 Å². The summed E-state index contributed by atoms with van der Waals surface area (Å²) in [6.45, 7) is 3.11. The fourth-order valence-corrected chi connectivity index (χ4v) is 3.16. The number of hydrogen-bond donors (Lipinski definition) is 1. The number of benzene rings is 1. The molecular weight excluding hydrogens is 264 g/mol. The Balaban J connectivity index is 2.16. The van der Waals surface area contributed by atoms with E-state index in [2.05, 4.69) is 46.1 Å². The van der Waals surface area contributed by atoms with Gasteiger partial charge in [-0.1, -0.05) is 28.1 Å². The minimum absolute atomic E-state index is 0.686. The van der Waals surface area contributed by atoms with Crippen molar-refractivity contribution in [3.63, 3.8) is 0 Å². The van der Waals surface area contributed by atoms with Crippen LogP contribution in [-0.4, -0.2) is 31.6 Å². The maximum absolute atomic E-state index is 5.57. The van der Waals surface area contributed by atoms with E-state index in [4.69, 9.17) is 5.73 Å². The summed E-state index contributed by atoms with van der Waals surface area (Å²) in [5.74, 6) is 0.686. The van der Waals surface area contributed by atoms with Gasteiger partial charge in [0.1, 0.15) is 0 Å². The van der Waals surface area contributed by atoms with Gasteiger partial charge in [0.15, 0.2) is 0 Å². The predicted molar refractivity (Wildman–Crippen MR) is 71.8 cm³/mol. The highest BCUT2D eigenvalue weighted by Gasteiger charge is 2.22. The predicted octanol–water partition coefficient (Wildman–Crippen LogP) is 2.37. The second-order valence-corrected chi connectivity index (χ2v) is 5.50. The van der Waals surface area contributed by atoms with Crippen molar-refractivity contribution in [1.82, 2.24) is 4.90 Å². The van der Waals surface area contributed by atoms with Gasteiger partial charge in [0.05, 0.1) is 0 Å². The van der Waals surface area contributed by atoms with Gasteiger partial charge in [0.25, 0.3) is 0 Å². The Bertz CT molecular complexity index is 365. The van der Waals surface area contributed by atoms with Crippen LogP contribution in [0.3, 0.4) is 0 Å². The first-order chi connectivity index (χ1) is 7.70. The molecular formula is C13H19BrN2. The van der Waals surface area contributed by atoms with Crippen LogP contribution in [0.2, 0.25) is 0 Å². The molecule has 0 amide bonds. The molecule has 3 heteroatoms. The summed E-state index contributed by atoms with van der Waals surface area (Å²) < 4.78 is 1.25. The lowest BCUT2D eigenvalue weighted by Crippen LogP contribution is -2.13. The highest BCUT2D eigenvalue weighted by atomic mass is 79.9. The second-order valence-electron chi connectivity index (χ2n) is 4.64. The first kappa shape index (κ1) is 12.1. The zero-order valence-corrected chi connectivity index (χ0v) is 11.3. The van der Waals surface area contributed by atoms with Crippen molar-refractivity contribution in [2.75, 3.05) is 26.7 Å². The lowest BCUT2D eigenvalue weighted by Gasteiger charge is -2.14. The molecule has 0 bridgehead atoms. The van der Waals surface area contributed by atoms with Gasteiger partial charge >= 0.3 is 0 Å². The fraction of sp³-hybridized carbons (Fsp3) is 0.538. The van der Waals surface area contributed by atoms with Crippen LogP contribution in [0.25, 0.3) is 0 Å². The number of likely N-dealkylation sites (tertiary alicyclic amines) is 1. The summed E-state index contributed by atoms with van der Waals surface area (Å²) in [6, 6.07) is 6.70. The van der Waals surface area contributed by atoms with E-state index in [1.54, 1.807) is 0 Å². The van der Waals surface area contributed by atoms with Crippen LogP contribution < -0.4 is 5.73 Å². The van der Waals surface area contributed by atoms with Crippen molar-refractivity contribution in [3.8, 4) is 0 Å². The molecule has 0 aromatic heterocycles. The Morgan fingerprint density at radius 1 is 1.50 bits per heavy atom. The van der Waals surface area contributed by atoms with Gasteiger partial charge in [-0.3, -0.25) is 0 Å². The zero-order valence-electron chi connectivity index (χ0n) is 9.75. The Morgan fingerprint density at radius 2 is 2.31 bits per heavy atom. The van der Waals surface area contributed by atoms with Gasteiger partial charge in [-0.15, -0.1) is 0 Å². The van der Waals surface area contributed by atoms with Gasteiger partial charge in [-0.2, -0.15) is 0 Å². The average molecular weight is 283 g/mol. The molecule has 0 radical (unpaired) electrons. The summed E-state index contributed by atoms with van der Waals surface area (Å²) in [5.41, 5.74) is 8.34.